The van der Waals surface area contributed by atoms with Crippen molar-refractivity contribution >= 4 is 5.97 Å². The van der Waals surface area contributed by atoms with Crippen LogP contribution in [0.3, 0.4) is 0 Å². The minimum absolute atomic E-state index is 0.0623. The summed E-state index contributed by atoms with van der Waals surface area (Å²) in [4.78, 5) is 18.1. The molecule has 3 heterocycles. The first-order chi connectivity index (χ1) is 10.3. The van der Waals surface area contributed by atoms with Gasteiger partial charge in [-0.1, -0.05) is 30.3 Å². The van der Waals surface area contributed by atoms with Gasteiger partial charge < -0.3 is 9.47 Å². The average molecular weight is 289 g/mol. The summed E-state index contributed by atoms with van der Waals surface area (Å²) in [5, 5.41) is 1.79. The Morgan fingerprint density at radius 3 is 2.86 bits per heavy atom. The van der Waals surface area contributed by atoms with Crippen LogP contribution in [0.2, 0.25) is 0 Å². The van der Waals surface area contributed by atoms with Crippen LogP contribution in [0.25, 0.3) is 0 Å². The first-order valence-corrected chi connectivity index (χ1v) is 7.58. The number of rotatable bonds is 3. The molecule has 1 aromatic carbocycles. The lowest BCUT2D eigenvalue weighted by Gasteiger charge is -2.22. The SMILES string of the molecule is O=C1OC[C@H]2[C@H]([C@@H]3CCCO3)ON(Cc3ccccc3)[C@H]12. The quantitative estimate of drug-likeness (QED) is 0.790. The third-order valence-electron chi connectivity index (χ3n) is 4.57. The molecule has 0 amide bonds. The number of ether oxygens (including phenoxy) is 2. The van der Waals surface area contributed by atoms with Crippen LogP contribution in [0.5, 0.6) is 0 Å². The number of carbonyl (C=O) groups is 1. The van der Waals surface area contributed by atoms with Crippen molar-refractivity contribution in [2.24, 2.45) is 5.92 Å². The summed E-state index contributed by atoms with van der Waals surface area (Å²) in [6, 6.07) is 9.76. The van der Waals surface area contributed by atoms with Crippen molar-refractivity contribution in [3.8, 4) is 0 Å². The van der Waals surface area contributed by atoms with Crippen LogP contribution in [-0.2, 0) is 25.7 Å². The number of fused-ring (bicyclic) bond motifs is 1. The maximum absolute atomic E-state index is 12.0. The molecule has 1 aromatic rings. The number of nitrogens with zero attached hydrogens (tertiary/aromatic N) is 1. The smallest absolute Gasteiger partial charge is 0.326 e. The molecule has 4 rings (SSSR count). The van der Waals surface area contributed by atoms with E-state index >= 15 is 0 Å². The molecular formula is C16H19NO4. The first kappa shape index (κ1) is 13.2. The molecule has 112 valence electrons. The highest BCUT2D eigenvalue weighted by molar-refractivity contribution is 5.78. The molecule has 5 heteroatoms. The predicted octanol–water partition coefficient (Wildman–Crippen LogP) is 1.52. The Labute approximate surface area is 123 Å². The molecule has 0 bridgehead atoms. The van der Waals surface area contributed by atoms with Crippen LogP contribution in [0, 0.1) is 5.92 Å². The minimum Gasteiger partial charge on any atom is -0.464 e. The third-order valence-corrected chi connectivity index (χ3v) is 4.57. The zero-order valence-electron chi connectivity index (χ0n) is 11.8. The van der Waals surface area contributed by atoms with Gasteiger partial charge in [-0.25, -0.2) is 0 Å². The topological polar surface area (TPSA) is 48.0 Å². The van der Waals surface area contributed by atoms with E-state index in [0.717, 1.165) is 25.0 Å². The molecule has 0 N–H and O–H groups in total. The molecule has 0 unspecified atom stereocenters. The number of esters is 1. The van der Waals surface area contributed by atoms with Gasteiger partial charge in [0.1, 0.15) is 12.1 Å². The number of hydrogen-bond donors (Lipinski definition) is 0. The van der Waals surface area contributed by atoms with Crippen molar-refractivity contribution in [3.63, 3.8) is 0 Å². The Morgan fingerprint density at radius 1 is 1.24 bits per heavy atom. The maximum Gasteiger partial charge on any atom is 0.326 e. The summed E-state index contributed by atoms with van der Waals surface area (Å²) in [6.07, 6.45) is 2.09. The number of hydrogen-bond acceptors (Lipinski definition) is 5. The second-order valence-electron chi connectivity index (χ2n) is 5.92. The van der Waals surface area contributed by atoms with E-state index < -0.39 is 0 Å². The fraction of sp³-hybridized carbons (Fsp3) is 0.562. The van der Waals surface area contributed by atoms with Crippen molar-refractivity contribution in [1.29, 1.82) is 0 Å². The van der Waals surface area contributed by atoms with Crippen LogP contribution in [0.4, 0.5) is 0 Å². The lowest BCUT2D eigenvalue weighted by molar-refractivity contribution is -0.204. The van der Waals surface area contributed by atoms with Gasteiger partial charge >= 0.3 is 5.97 Å². The van der Waals surface area contributed by atoms with Crippen molar-refractivity contribution in [2.45, 2.75) is 37.6 Å². The van der Waals surface area contributed by atoms with E-state index in [1.54, 1.807) is 5.06 Å². The van der Waals surface area contributed by atoms with Gasteiger partial charge in [0.25, 0.3) is 0 Å². The largest absolute Gasteiger partial charge is 0.464 e. The molecular weight excluding hydrogens is 270 g/mol. The standard InChI is InChI=1S/C16H19NO4/c18-16-14-12(10-20-16)15(13-7-4-8-19-13)21-17(14)9-11-5-2-1-3-6-11/h1-3,5-6,12-15H,4,7-10H2/t12-,13+,14+,15-/m1/s1. The lowest BCUT2D eigenvalue weighted by atomic mass is 9.93. The Balaban J connectivity index is 1.54. The van der Waals surface area contributed by atoms with Gasteiger partial charge in [0.15, 0.2) is 0 Å². The van der Waals surface area contributed by atoms with Gasteiger partial charge in [0.2, 0.25) is 0 Å². The van der Waals surface area contributed by atoms with E-state index in [1.807, 2.05) is 30.3 Å². The van der Waals surface area contributed by atoms with Crippen LogP contribution < -0.4 is 0 Å². The van der Waals surface area contributed by atoms with Crippen LogP contribution in [0.15, 0.2) is 30.3 Å². The highest BCUT2D eigenvalue weighted by Gasteiger charge is 2.55. The zero-order valence-corrected chi connectivity index (χ0v) is 11.8. The fourth-order valence-electron chi connectivity index (χ4n) is 3.54. The van der Waals surface area contributed by atoms with Crippen molar-refractivity contribution < 1.29 is 19.1 Å². The van der Waals surface area contributed by atoms with Crippen LogP contribution in [-0.4, -0.2) is 42.5 Å². The van der Waals surface area contributed by atoms with E-state index in [2.05, 4.69) is 0 Å². The molecule has 0 radical (unpaired) electrons. The Kier molecular flexibility index (Phi) is 3.41. The van der Waals surface area contributed by atoms with E-state index in [9.17, 15) is 4.79 Å². The summed E-state index contributed by atoms with van der Waals surface area (Å²) in [6.45, 7) is 1.83. The van der Waals surface area contributed by atoms with E-state index in [4.69, 9.17) is 14.3 Å². The Hall–Kier alpha value is -1.43. The second kappa shape index (κ2) is 5.40. The molecule has 3 fully saturated rings. The molecule has 0 saturated carbocycles. The molecule has 3 aliphatic rings. The van der Waals surface area contributed by atoms with Crippen molar-refractivity contribution in [2.75, 3.05) is 13.2 Å². The summed E-state index contributed by atoms with van der Waals surface area (Å²) in [5.74, 6) is -0.0826. The number of carbonyl (C=O) groups excluding carboxylic acids is 1. The minimum atomic E-state index is -0.292. The van der Waals surface area contributed by atoms with E-state index in [0.29, 0.717) is 13.2 Å². The molecule has 21 heavy (non-hydrogen) atoms. The first-order valence-electron chi connectivity index (χ1n) is 7.58. The molecule has 3 saturated heterocycles. The van der Waals surface area contributed by atoms with Gasteiger partial charge in [-0.15, -0.1) is 0 Å². The highest BCUT2D eigenvalue weighted by atomic mass is 16.7. The van der Waals surface area contributed by atoms with Crippen molar-refractivity contribution in [3.05, 3.63) is 35.9 Å². The van der Waals surface area contributed by atoms with Crippen molar-refractivity contribution in [1.82, 2.24) is 5.06 Å². The summed E-state index contributed by atoms with van der Waals surface area (Å²) in [7, 11) is 0. The lowest BCUT2D eigenvalue weighted by Crippen LogP contribution is -2.35. The van der Waals surface area contributed by atoms with Gasteiger partial charge in [0, 0.05) is 6.61 Å². The van der Waals surface area contributed by atoms with E-state index in [-0.39, 0.29) is 30.1 Å². The maximum atomic E-state index is 12.0. The van der Waals surface area contributed by atoms with Gasteiger partial charge in [-0.2, -0.15) is 5.06 Å². The number of hydroxylamine groups is 2. The normalized spacial score (nSPS) is 35.9. The Bertz CT molecular complexity index is 514. The third kappa shape index (κ3) is 2.35. The molecule has 5 nitrogen and oxygen atoms in total. The van der Waals surface area contributed by atoms with Gasteiger partial charge in [-0.05, 0) is 18.4 Å². The molecule has 0 aliphatic carbocycles. The molecule has 3 aliphatic heterocycles. The second-order valence-corrected chi connectivity index (χ2v) is 5.92. The number of cyclic esters (lactones) is 1. The number of benzene rings is 1. The highest BCUT2D eigenvalue weighted by Crippen LogP contribution is 2.38. The monoisotopic (exact) mass is 289 g/mol. The molecule has 0 aromatic heterocycles. The summed E-state index contributed by atoms with van der Waals surface area (Å²) >= 11 is 0. The Morgan fingerprint density at radius 2 is 2.10 bits per heavy atom. The van der Waals surface area contributed by atoms with Gasteiger partial charge in [0.05, 0.1) is 25.2 Å². The average Bonchev–Trinajstić information content (AvgIpc) is 3.20. The zero-order chi connectivity index (χ0) is 14.2. The van der Waals surface area contributed by atoms with E-state index in [1.165, 1.54) is 0 Å². The van der Waals surface area contributed by atoms with Gasteiger partial charge in [-0.3, -0.25) is 9.63 Å². The predicted molar refractivity (Wildman–Crippen MR) is 74.1 cm³/mol. The van der Waals surface area contributed by atoms with Crippen LogP contribution in [0.1, 0.15) is 18.4 Å². The molecule has 4 atom stereocenters. The summed E-state index contributed by atoms with van der Waals surface area (Å²) in [5.41, 5.74) is 1.13. The fourth-order valence-corrected chi connectivity index (χ4v) is 3.54. The van der Waals surface area contributed by atoms with Crippen LogP contribution >= 0.6 is 0 Å². The molecule has 0 spiro atoms. The summed E-state index contributed by atoms with van der Waals surface area (Å²) < 4.78 is 11.0.